The van der Waals surface area contributed by atoms with Crippen molar-refractivity contribution in [1.29, 1.82) is 15.8 Å². The van der Waals surface area contributed by atoms with Crippen molar-refractivity contribution in [3.63, 3.8) is 0 Å². The summed E-state index contributed by atoms with van der Waals surface area (Å²) >= 11 is 0. The van der Waals surface area contributed by atoms with E-state index in [0.29, 0.717) is 11.4 Å². The quantitative estimate of drug-likeness (QED) is 0.811. The predicted octanol–water partition coefficient (Wildman–Crippen LogP) is 2.25. The minimum absolute atomic E-state index is 0.213. The van der Waals surface area contributed by atoms with Crippen molar-refractivity contribution in [1.82, 2.24) is 10.3 Å². The third-order valence-electron chi connectivity index (χ3n) is 3.17. The van der Waals surface area contributed by atoms with Gasteiger partial charge in [-0.15, -0.1) is 0 Å². The number of nitriles is 3. The van der Waals surface area contributed by atoms with E-state index in [1.54, 1.807) is 60.8 Å². The van der Waals surface area contributed by atoms with Crippen molar-refractivity contribution in [2.24, 2.45) is 0 Å². The van der Waals surface area contributed by atoms with Crippen LogP contribution in [0, 0.1) is 34.0 Å². The zero-order chi connectivity index (χ0) is 18.1. The number of carbonyl (C=O) groups excluding carboxylic acids is 1. The van der Waals surface area contributed by atoms with E-state index >= 15 is 0 Å². The molecule has 0 saturated carbocycles. The van der Waals surface area contributed by atoms with Gasteiger partial charge in [-0.3, -0.25) is 9.78 Å². The molecular formula is C18H12N6O. The van der Waals surface area contributed by atoms with Crippen LogP contribution >= 0.6 is 0 Å². The largest absolute Gasteiger partial charge is 0.346 e. The fourth-order valence-electron chi connectivity index (χ4n) is 1.98. The number of hydrogen-bond donors (Lipinski definition) is 2. The van der Waals surface area contributed by atoms with Crippen LogP contribution in [0.2, 0.25) is 0 Å². The SMILES string of the molecule is N#CC(C#N)=C(C#N)Nc1ccccc1C(=O)NCc1ccccn1. The maximum atomic E-state index is 12.4. The van der Waals surface area contributed by atoms with Crippen molar-refractivity contribution in [3.8, 4) is 18.2 Å². The molecule has 0 aliphatic rings. The van der Waals surface area contributed by atoms with Crippen LogP contribution in [0.4, 0.5) is 5.69 Å². The molecule has 0 bridgehead atoms. The van der Waals surface area contributed by atoms with Crippen LogP contribution in [0.3, 0.4) is 0 Å². The predicted molar refractivity (Wildman–Crippen MR) is 89.3 cm³/mol. The summed E-state index contributed by atoms with van der Waals surface area (Å²) in [6, 6.07) is 16.9. The molecule has 2 N–H and O–H groups in total. The second-order valence-electron chi connectivity index (χ2n) is 4.76. The normalized spacial score (nSPS) is 9.00. The van der Waals surface area contributed by atoms with Crippen LogP contribution in [0.5, 0.6) is 0 Å². The number of pyridine rings is 1. The molecule has 0 unspecified atom stereocenters. The highest BCUT2D eigenvalue weighted by Gasteiger charge is 2.13. The van der Waals surface area contributed by atoms with Crippen LogP contribution in [-0.4, -0.2) is 10.9 Å². The number of rotatable bonds is 5. The van der Waals surface area contributed by atoms with Crippen molar-refractivity contribution < 1.29 is 4.79 Å². The highest BCUT2D eigenvalue weighted by Crippen LogP contribution is 2.18. The van der Waals surface area contributed by atoms with Crippen molar-refractivity contribution in [2.45, 2.75) is 6.54 Å². The summed E-state index contributed by atoms with van der Waals surface area (Å²) in [6.07, 6.45) is 1.63. The number of nitrogens with one attached hydrogen (secondary N) is 2. The Labute approximate surface area is 144 Å². The average molecular weight is 328 g/mol. The van der Waals surface area contributed by atoms with Gasteiger partial charge in [-0.2, -0.15) is 15.8 Å². The van der Waals surface area contributed by atoms with Gasteiger partial charge in [-0.1, -0.05) is 18.2 Å². The highest BCUT2D eigenvalue weighted by molar-refractivity contribution is 6.00. The zero-order valence-electron chi connectivity index (χ0n) is 13.0. The van der Waals surface area contributed by atoms with Crippen molar-refractivity contribution in [2.75, 3.05) is 5.32 Å². The topological polar surface area (TPSA) is 125 Å². The van der Waals surface area contributed by atoms with E-state index in [1.807, 2.05) is 6.07 Å². The number of benzene rings is 1. The maximum Gasteiger partial charge on any atom is 0.253 e. The molecule has 0 aliphatic carbocycles. The molecule has 0 radical (unpaired) electrons. The van der Waals surface area contributed by atoms with Crippen molar-refractivity contribution >= 4 is 11.6 Å². The molecule has 2 rings (SSSR count). The van der Waals surface area contributed by atoms with E-state index in [0.717, 1.165) is 0 Å². The van der Waals surface area contributed by atoms with Gasteiger partial charge in [0, 0.05) is 6.20 Å². The third kappa shape index (κ3) is 4.41. The van der Waals surface area contributed by atoms with Crippen LogP contribution < -0.4 is 10.6 Å². The van der Waals surface area contributed by atoms with Gasteiger partial charge in [0.05, 0.1) is 23.5 Å². The van der Waals surface area contributed by atoms with E-state index in [-0.39, 0.29) is 29.3 Å². The lowest BCUT2D eigenvalue weighted by Crippen LogP contribution is -2.24. The molecular weight excluding hydrogens is 316 g/mol. The molecule has 1 aromatic carbocycles. The monoisotopic (exact) mass is 328 g/mol. The minimum Gasteiger partial charge on any atom is -0.346 e. The summed E-state index contributed by atoms with van der Waals surface area (Å²) in [5.74, 6) is -0.374. The third-order valence-corrected chi connectivity index (χ3v) is 3.17. The summed E-state index contributed by atoms with van der Waals surface area (Å²) in [7, 11) is 0. The van der Waals surface area contributed by atoms with E-state index in [4.69, 9.17) is 15.8 Å². The van der Waals surface area contributed by atoms with Gasteiger partial charge in [0.15, 0.2) is 5.57 Å². The van der Waals surface area contributed by atoms with Crippen LogP contribution in [0.15, 0.2) is 59.9 Å². The summed E-state index contributed by atoms with van der Waals surface area (Å²) in [4.78, 5) is 16.5. The van der Waals surface area contributed by atoms with Gasteiger partial charge in [0.25, 0.3) is 5.91 Å². The summed E-state index contributed by atoms with van der Waals surface area (Å²) in [5.41, 5.74) is 0.735. The zero-order valence-corrected chi connectivity index (χ0v) is 13.0. The Kier molecular flexibility index (Phi) is 5.83. The molecule has 120 valence electrons. The maximum absolute atomic E-state index is 12.4. The first-order chi connectivity index (χ1) is 12.2. The standard InChI is InChI=1S/C18H12N6O/c19-9-13(10-20)17(11-21)24-16-7-2-1-6-15(16)18(25)23-12-14-5-3-4-8-22-14/h1-8,24H,12H2,(H,23,25). The van der Waals surface area contributed by atoms with Gasteiger partial charge in [-0.25, -0.2) is 0 Å². The van der Waals surface area contributed by atoms with Gasteiger partial charge in [0.1, 0.15) is 23.9 Å². The molecule has 1 aromatic heterocycles. The molecule has 7 nitrogen and oxygen atoms in total. The van der Waals surface area contributed by atoms with E-state index in [1.165, 1.54) is 0 Å². The Morgan fingerprint density at radius 1 is 1.00 bits per heavy atom. The molecule has 2 aromatic rings. The Morgan fingerprint density at radius 3 is 2.36 bits per heavy atom. The molecule has 25 heavy (non-hydrogen) atoms. The number of anilines is 1. The number of allylic oxidation sites excluding steroid dienone is 2. The Morgan fingerprint density at radius 2 is 1.72 bits per heavy atom. The van der Waals surface area contributed by atoms with Gasteiger partial charge >= 0.3 is 0 Å². The molecule has 0 fully saturated rings. The van der Waals surface area contributed by atoms with Gasteiger partial charge in [-0.05, 0) is 24.3 Å². The van der Waals surface area contributed by atoms with E-state index in [9.17, 15) is 4.79 Å². The molecule has 0 saturated heterocycles. The Hall–Kier alpha value is -4.15. The van der Waals surface area contributed by atoms with E-state index in [2.05, 4.69) is 15.6 Å². The Bertz CT molecular complexity index is 913. The number of amides is 1. The molecule has 1 heterocycles. The fourth-order valence-corrected chi connectivity index (χ4v) is 1.98. The molecule has 0 aliphatic heterocycles. The Balaban J connectivity index is 2.22. The summed E-state index contributed by atoms with van der Waals surface area (Å²) in [6.45, 7) is 0.247. The number of aromatic nitrogens is 1. The first-order valence-electron chi connectivity index (χ1n) is 7.18. The van der Waals surface area contributed by atoms with Crippen molar-refractivity contribution in [3.05, 3.63) is 71.2 Å². The first kappa shape index (κ1) is 17.2. The lowest BCUT2D eigenvalue weighted by Gasteiger charge is -2.11. The van der Waals surface area contributed by atoms with Crippen LogP contribution in [-0.2, 0) is 6.54 Å². The molecule has 1 amide bonds. The second kappa shape index (κ2) is 8.47. The lowest BCUT2D eigenvalue weighted by molar-refractivity contribution is 0.0951. The molecule has 0 atom stereocenters. The number of carbonyl (C=O) groups is 1. The smallest absolute Gasteiger partial charge is 0.253 e. The fraction of sp³-hybridized carbons (Fsp3) is 0.0556. The number of hydrogen-bond acceptors (Lipinski definition) is 6. The van der Waals surface area contributed by atoms with E-state index < -0.39 is 0 Å². The second-order valence-corrected chi connectivity index (χ2v) is 4.76. The highest BCUT2D eigenvalue weighted by atomic mass is 16.1. The average Bonchev–Trinajstić information content (AvgIpc) is 2.67. The van der Waals surface area contributed by atoms with Gasteiger partial charge < -0.3 is 10.6 Å². The van der Waals surface area contributed by atoms with Gasteiger partial charge in [0.2, 0.25) is 0 Å². The number of nitrogens with zero attached hydrogens (tertiary/aromatic N) is 4. The van der Waals surface area contributed by atoms with Crippen LogP contribution in [0.25, 0.3) is 0 Å². The number of para-hydroxylation sites is 1. The van der Waals surface area contributed by atoms with Crippen LogP contribution in [0.1, 0.15) is 16.1 Å². The summed E-state index contributed by atoms with van der Waals surface area (Å²) in [5, 5.41) is 32.3. The molecule has 0 spiro atoms. The molecule has 7 heteroatoms. The first-order valence-corrected chi connectivity index (χ1v) is 7.18. The minimum atomic E-state index is -0.374. The lowest BCUT2D eigenvalue weighted by atomic mass is 10.1. The summed E-state index contributed by atoms with van der Waals surface area (Å²) < 4.78 is 0.